The molecule has 1 amide bonds. The van der Waals surface area contributed by atoms with Crippen LogP contribution in [0, 0.1) is 0 Å². The maximum atomic E-state index is 13.2. The van der Waals surface area contributed by atoms with E-state index in [9.17, 15) is 4.79 Å². The first-order chi connectivity index (χ1) is 16.7. The van der Waals surface area contributed by atoms with E-state index in [0.29, 0.717) is 36.8 Å². The van der Waals surface area contributed by atoms with Crippen LogP contribution in [0.25, 0.3) is 16.5 Å². The Morgan fingerprint density at radius 1 is 1.15 bits per heavy atom. The second-order valence-corrected chi connectivity index (χ2v) is 9.13. The van der Waals surface area contributed by atoms with E-state index in [0.717, 1.165) is 48.9 Å². The molecule has 1 saturated heterocycles. The largest absolute Gasteiger partial charge is 0.339 e. The number of carbonyl (C=O) groups is 1. The van der Waals surface area contributed by atoms with Crippen molar-refractivity contribution in [3.8, 4) is 16.5 Å². The number of hydrogen-bond acceptors (Lipinski definition) is 8. The molecule has 9 nitrogen and oxygen atoms in total. The average molecular weight is 478 g/mol. The molecule has 0 spiro atoms. The van der Waals surface area contributed by atoms with Crippen LogP contribution in [0.4, 0.5) is 0 Å². The number of amides is 1. The van der Waals surface area contributed by atoms with Crippen molar-refractivity contribution in [2.75, 3.05) is 32.7 Å². The fraction of sp³-hybridized carbons (Fsp3) is 0.375. The average Bonchev–Trinajstić information content (AvgIpc) is 3.65. The number of carbonyl (C=O) groups excluding carboxylic acids is 1. The normalized spacial score (nSPS) is 14.6. The molecule has 0 radical (unpaired) electrons. The van der Waals surface area contributed by atoms with Gasteiger partial charge in [-0.25, -0.2) is 9.67 Å². The lowest BCUT2D eigenvalue weighted by atomic mass is 10.1. The first-order valence-corrected chi connectivity index (χ1v) is 12.5. The van der Waals surface area contributed by atoms with Gasteiger partial charge in [0.2, 0.25) is 11.7 Å². The van der Waals surface area contributed by atoms with E-state index in [1.807, 2.05) is 47.5 Å². The maximum Gasteiger partial charge on any atom is 0.257 e. The van der Waals surface area contributed by atoms with Crippen molar-refractivity contribution in [1.82, 2.24) is 34.7 Å². The summed E-state index contributed by atoms with van der Waals surface area (Å²) in [5.74, 6) is 2.11. The van der Waals surface area contributed by atoms with Gasteiger partial charge in [-0.3, -0.25) is 9.69 Å². The SMILES string of the molecule is CCc1c(C(=O)N2CCN(CCCc3nc(-c4cccs4)no3)CC2)cnn1-c1ccccn1. The number of rotatable bonds is 8. The number of hydrogen-bond donors (Lipinski definition) is 0. The predicted octanol–water partition coefficient (Wildman–Crippen LogP) is 3.33. The second kappa shape index (κ2) is 10.3. The molecule has 1 aliphatic heterocycles. The fourth-order valence-corrected chi connectivity index (χ4v) is 4.88. The highest BCUT2D eigenvalue weighted by molar-refractivity contribution is 7.13. The van der Waals surface area contributed by atoms with Crippen LogP contribution in [0.2, 0.25) is 0 Å². The van der Waals surface area contributed by atoms with Gasteiger partial charge in [0.25, 0.3) is 5.91 Å². The first-order valence-electron chi connectivity index (χ1n) is 11.6. The Hall–Kier alpha value is -3.37. The molecule has 5 heterocycles. The maximum absolute atomic E-state index is 13.2. The zero-order valence-electron chi connectivity index (χ0n) is 19.1. The van der Waals surface area contributed by atoms with Gasteiger partial charge in [0.05, 0.1) is 22.3 Å². The van der Waals surface area contributed by atoms with Crippen LogP contribution >= 0.6 is 11.3 Å². The standard InChI is InChI=1S/C24H27N7O2S/c1-2-19-18(17-26-31(19)21-8-3-4-10-25-21)24(32)30-14-12-29(13-15-30)11-5-9-22-27-23(28-33-22)20-7-6-16-34-20/h3-4,6-8,10,16-17H,2,5,9,11-15H2,1H3. The van der Waals surface area contributed by atoms with E-state index in [4.69, 9.17) is 4.52 Å². The molecule has 1 fully saturated rings. The Kier molecular flexibility index (Phi) is 6.77. The van der Waals surface area contributed by atoms with Crippen molar-refractivity contribution < 1.29 is 9.32 Å². The number of pyridine rings is 1. The lowest BCUT2D eigenvalue weighted by Gasteiger charge is -2.34. The summed E-state index contributed by atoms with van der Waals surface area (Å²) in [4.78, 5) is 27.4. The van der Waals surface area contributed by atoms with Gasteiger partial charge in [-0.15, -0.1) is 11.3 Å². The first kappa shape index (κ1) is 22.4. The summed E-state index contributed by atoms with van der Waals surface area (Å²) in [6.45, 7) is 6.10. The molecule has 0 unspecified atom stereocenters. The van der Waals surface area contributed by atoms with Crippen molar-refractivity contribution in [1.29, 1.82) is 0 Å². The molecule has 0 aliphatic carbocycles. The van der Waals surface area contributed by atoms with Gasteiger partial charge >= 0.3 is 0 Å². The Morgan fingerprint density at radius 2 is 2.03 bits per heavy atom. The molecule has 4 aromatic heterocycles. The van der Waals surface area contributed by atoms with E-state index in [1.165, 1.54) is 0 Å². The summed E-state index contributed by atoms with van der Waals surface area (Å²) in [6.07, 6.45) is 5.82. The van der Waals surface area contributed by atoms with Gasteiger partial charge in [0, 0.05) is 38.8 Å². The van der Waals surface area contributed by atoms with Gasteiger partial charge in [0.15, 0.2) is 5.82 Å². The number of thiophene rings is 1. The number of nitrogens with zero attached hydrogens (tertiary/aromatic N) is 7. The molecule has 4 aromatic rings. The summed E-state index contributed by atoms with van der Waals surface area (Å²) in [5, 5.41) is 10.5. The van der Waals surface area contributed by atoms with Crippen LogP contribution in [-0.4, -0.2) is 73.3 Å². The van der Waals surface area contributed by atoms with Gasteiger partial charge in [-0.1, -0.05) is 24.2 Å². The summed E-state index contributed by atoms with van der Waals surface area (Å²) >= 11 is 1.61. The van der Waals surface area contributed by atoms with E-state index >= 15 is 0 Å². The fourth-order valence-electron chi connectivity index (χ4n) is 4.23. The van der Waals surface area contributed by atoms with Crippen molar-refractivity contribution in [2.24, 2.45) is 0 Å². The summed E-state index contributed by atoms with van der Waals surface area (Å²) in [7, 11) is 0. The summed E-state index contributed by atoms with van der Waals surface area (Å²) in [5.41, 5.74) is 1.56. The van der Waals surface area contributed by atoms with Gasteiger partial charge < -0.3 is 9.42 Å². The minimum Gasteiger partial charge on any atom is -0.339 e. The van der Waals surface area contributed by atoms with Gasteiger partial charge in [0.1, 0.15) is 0 Å². The molecule has 0 N–H and O–H groups in total. The third-order valence-corrected chi connectivity index (χ3v) is 6.90. The number of piperazine rings is 1. The van der Waals surface area contributed by atoms with E-state index < -0.39 is 0 Å². The van der Waals surface area contributed by atoms with Crippen molar-refractivity contribution in [3.63, 3.8) is 0 Å². The molecule has 0 aromatic carbocycles. The molecule has 10 heteroatoms. The molecule has 0 atom stereocenters. The van der Waals surface area contributed by atoms with Crippen LogP contribution in [-0.2, 0) is 12.8 Å². The molecule has 0 saturated carbocycles. The highest BCUT2D eigenvalue weighted by atomic mass is 32.1. The monoisotopic (exact) mass is 477 g/mol. The van der Waals surface area contributed by atoms with Crippen LogP contribution in [0.15, 0.2) is 52.6 Å². The van der Waals surface area contributed by atoms with Crippen molar-refractivity contribution in [3.05, 3.63) is 65.3 Å². The van der Waals surface area contributed by atoms with Crippen LogP contribution < -0.4 is 0 Å². The second-order valence-electron chi connectivity index (χ2n) is 8.18. The predicted molar refractivity (Wildman–Crippen MR) is 129 cm³/mol. The zero-order valence-corrected chi connectivity index (χ0v) is 19.9. The summed E-state index contributed by atoms with van der Waals surface area (Å²) in [6, 6.07) is 9.67. The lowest BCUT2D eigenvalue weighted by molar-refractivity contribution is 0.0634. The van der Waals surface area contributed by atoms with E-state index in [-0.39, 0.29) is 5.91 Å². The molecular weight excluding hydrogens is 450 g/mol. The molecule has 1 aliphatic rings. The third-order valence-electron chi connectivity index (χ3n) is 6.03. The number of aromatic nitrogens is 5. The Balaban J connectivity index is 1.12. The molecule has 0 bridgehead atoms. The third kappa shape index (κ3) is 4.78. The topological polar surface area (TPSA) is 93.2 Å². The summed E-state index contributed by atoms with van der Waals surface area (Å²) < 4.78 is 7.16. The lowest BCUT2D eigenvalue weighted by Crippen LogP contribution is -2.49. The van der Waals surface area contributed by atoms with Gasteiger partial charge in [-0.05, 0) is 43.0 Å². The Labute approximate surface area is 202 Å². The molecular formula is C24H27N7O2S. The van der Waals surface area contributed by atoms with E-state index in [2.05, 4.69) is 25.1 Å². The molecule has 5 rings (SSSR count). The Morgan fingerprint density at radius 3 is 2.76 bits per heavy atom. The zero-order chi connectivity index (χ0) is 23.3. The number of aryl methyl sites for hydroxylation is 1. The minimum atomic E-state index is 0.0469. The minimum absolute atomic E-state index is 0.0469. The van der Waals surface area contributed by atoms with Crippen molar-refractivity contribution in [2.45, 2.75) is 26.2 Å². The highest BCUT2D eigenvalue weighted by Crippen LogP contribution is 2.22. The Bertz CT molecular complexity index is 1210. The van der Waals surface area contributed by atoms with Crippen molar-refractivity contribution >= 4 is 17.2 Å². The smallest absolute Gasteiger partial charge is 0.257 e. The van der Waals surface area contributed by atoms with Crippen LogP contribution in [0.1, 0.15) is 35.3 Å². The highest BCUT2D eigenvalue weighted by Gasteiger charge is 2.26. The quantitative estimate of drug-likeness (QED) is 0.384. The molecule has 34 heavy (non-hydrogen) atoms. The van der Waals surface area contributed by atoms with Gasteiger partial charge in [-0.2, -0.15) is 10.1 Å². The van der Waals surface area contributed by atoms with Crippen LogP contribution in [0.5, 0.6) is 0 Å². The van der Waals surface area contributed by atoms with E-state index in [1.54, 1.807) is 28.4 Å². The van der Waals surface area contributed by atoms with Crippen LogP contribution in [0.3, 0.4) is 0 Å². The molecule has 176 valence electrons.